The van der Waals surface area contributed by atoms with Gasteiger partial charge in [0.1, 0.15) is 4.49 Å². The predicted octanol–water partition coefficient (Wildman–Crippen LogP) is 3.53. The molecular weight excluding hydrogens is 297 g/mol. The first kappa shape index (κ1) is 18.5. The highest BCUT2D eigenvalue weighted by atomic mass is 35.6. The van der Waals surface area contributed by atoms with E-state index in [1.165, 1.54) is 0 Å². The van der Waals surface area contributed by atoms with Crippen LogP contribution in [0.15, 0.2) is 9.52 Å². The Labute approximate surface area is 101 Å². The zero-order valence-corrected chi connectivity index (χ0v) is 10.3. The van der Waals surface area contributed by atoms with Crippen LogP contribution in [0.25, 0.3) is 0 Å². The van der Waals surface area contributed by atoms with E-state index in [-0.39, 0.29) is 28.5 Å². The predicted molar refractivity (Wildman–Crippen MR) is 58.9 cm³/mol. The maximum atomic E-state index is 5.31. The third kappa shape index (κ3) is 8.13. The molecule has 1 nitrogen and oxygen atoms in total. The van der Waals surface area contributed by atoms with Gasteiger partial charge in [0.2, 0.25) is 3.79 Å². The Morgan fingerprint density at radius 3 is 1.18 bits per heavy atom. The molecule has 0 aliphatic carbocycles. The topological polar surface area (TPSA) is 31.5 Å². The maximum absolute atomic E-state index is 5.31. The standard InChI is InChI=1S/C3Cl6.H2O.H2S/c4-1(2(5)6)3(7,8)9;;/h;2*1H2. The highest BCUT2D eigenvalue weighted by molar-refractivity contribution is 7.59. The van der Waals surface area contributed by atoms with Crippen molar-refractivity contribution < 1.29 is 5.48 Å². The molecule has 0 radical (unpaired) electrons. The fourth-order valence-corrected chi connectivity index (χ4v) is 0.964. The Kier molecular flexibility index (Phi) is 12.2. The van der Waals surface area contributed by atoms with Gasteiger partial charge < -0.3 is 5.48 Å². The van der Waals surface area contributed by atoms with Gasteiger partial charge in [-0.15, -0.1) is 0 Å². The van der Waals surface area contributed by atoms with Crippen LogP contribution >= 0.6 is 83.1 Å². The number of halogens is 6. The molecule has 0 fully saturated rings. The highest BCUT2D eigenvalue weighted by Crippen LogP contribution is 2.40. The van der Waals surface area contributed by atoms with Crippen molar-refractivity contribution in [2.24, 2.45) is 0 Å². The van der Waals surface area contributed by atoms with Gasteiger partial charge in [-0.3, -0.25) is 0 Å². The summed E-state index contributed by atoms with van der Waals surface area (Å²) < 4.78 is -1.96. The second-order valence-electron chi connectivity index (χ2n) is 1.07. The van der Waals surface area contributed by atoms with Crippen LogP contribution in [0.3, 0.4) is 0 Å². The molecule has 0 aliphatic rings. The lowest BCUT2D eigenvalue weighted by atomic mass is 10.7. The second kappa shape index (κ2) is 7.22. The fourth-order valence-electron chi connectivity index (χ4n) is 0.107. The molecule has 2 N–H and O–H groups in total. The number of hydrogen-bond acceptors (Lipinski definition) is 0. The lowest BCUT2D eigenvalue weighted by Crippen LogP contribution is -2.01. The molecule has 0 saturated heterocycles. The lowest BCUT2D eigenvalue weighted by molar-refractivity contribution is 0.824. The summed E-state index contributed by atoms with van der Waals surface area (Å²) in [7, 11) is 0. The first-order chi connectivity index (χ1) is 3.85. The van der Waals surface area contributed by atoms with Gasteiger partial charge in [0.05, 0.1) is 5.03 Å². The first-order valence-electron chi connectivity index (χ1n) is 1.63. The molecule has 0 aliphatic heterocycles. The van der Waals surface area contributed by atoms with Crippen LogP contribution in [-0.2, 0) is 0 Å². The summed E-state index contributed by atoms with van der Waals surface area (Å²) in [6.07, 6.45) is 0. The lowest BCUT2D eigenvalue weighted by Gasteiger charge is -2.07. The van der Waals surface area contributed by atoms with Crippen molar-refractivity contribution in [1.82, 2.24) is 0 Å². The summed E-state index contributed by atoms with van der Waals surface area (Å²) in [6.45, 7) is 0. The van der Waals surface area contributed by atoms with Gasteiger partial charge in [-0.1, -0.05) is 69.6 Å². The molecule has 0 aromatic rings. The second-order valence-corrected chi connectivity index (χ2v) is 4.68. The Hall–Kier alpha value is 1.79. The van der Waals surface area contributed by atoms with Gasteiger partial charge >= 0.3 is 0 Å². The molecule has 70 valence electrons. The molecule has 0 amide bonds. The largest absolute Gasteiger partial charge is 0.412 e. The highest BCUT2D eigenvalue weighted by Gasteiger charge is 2.26. The van der Waals surface area contributed by atoms with Crippen LogP contribution < -0.4 is 0 Å². The van der Waals surface area contributed by atoms with Crippen LogP contribution in [0, 0.1) is 0 Å². The Morgan fingerprint density at radius 2 is 1.18 bits per heavy atom. The van der Waals surface area contributed by atoms with Gasteiger partial charge in [0, 0.05) is 0 Å². The van der Waals surface area contributed by atoms with E-state index >= 15 is 0 Å². The average Bonchev–Trinajstić information content (AvgIpc) is 1.62. The smallest absolute Gasteiger partial charge is 0.228 e. The van der Waals surface area contributed by atoms with E-state index in [0.717, 1.165) is 0 Å². The molecule has 0 aromatic carbocycles. The maximum Gasteiger partial charge on any atom is 0.228 e. The molecule has 8 heteroatoms. The zero-order chi connectivity index (χ0) is 7.65. The van der Waals surface area contributed by atoms with E-state index in [1.807, 2.05) is 0 Å². The summed E-state index contributed by atoms with van der Waals surface area (Å²) in [6, 6.07) is 0. The first-order valence-corrected chi connectivity index (χ1v) is 3.90. The van der Waals surface area contributed by atoms with Gasteiger partial charge in [0.25, 0.3) is 0 Å². The molecular formula is C3H4Cl6OS. The quantitative estimate of drug-likeness (QED) is 0.613. The van der Waals surface area contributed by atoms with Crippen LogP contribution in [0.2, 0.25) is 0 Å². The number of rotatable bonds is 0. The van der Waals surface area contributed by atoms with Gasteiger partial charge in [0.15, 0.2) is 0 Å². The normalized spacial score (nSPS) is 9.27. The molecule has 0 bridgehead atoms. The number of allylic oxidation sites excluding steroid dienone is 1. The minimum Gasteiger partial charge on any atom is -0.412 e. The summed E-state index contributed by atoms with van der Waals surface area (Å²) >= 11 is 31.4. The molecule has 0 atom stereocenters. The monoisotopic (exact) mass is 298 g/mol. The van der Waals surface area contributed by atoms with Crippen LogP contribution in [-0.4, -0.2) is 9.27 Å². The third-order valence-corrected chi connectivity index (χ3v) is 2.32. The van der Waals surface area contributed by atoms with Gasteiger partial charge in [-0.2, -0.15) is 13.5 Å². The van der Waals surface area contributed by atoms with Gasteiger partial charge in [-0.05, 0) is 0 Å². The molecule has 0 unspecified atom stereocenters. The molecule has 0 spiro atoms. The molecule has 0 saturated carbocycles. The summed E-state index contributed by atoms with van der Waals surface area (Å²) in [5.74, 6) is 0. The number of alkyl halides is 3. The van der Waals surface area contributed by atoms with E-state index in [0.29, 0.717) is 0 Å². The Balaban J connectivity index is -0.000000320. The summed E-state index contributed by atoms with van der Waals surface area (Å²) in [5, 5.41) is -0.198. The SMILES string of the molecule is ClC(Cl)=C(Cl)C(Cl)(Cl)Cl.O.S. The van der Waals surface area contributed by atoms with Crippen molar-refractivity contribution in [2.75, 3.05) is 0 Å². The molecule has 11 heavy (non-hydrogen) atoms. The van der Waals surface area contributed by atoms with E-state index in [1.54, 1.807) is 0 Å². The van der Waals surface area contributed by atoms with Gasteiger partial charge in [-0.25, -0.2) is 0 Å². The summed E-state index contributed by atoms with van der Waals surface area (Å²) in [5.41, 5.74) is 0. The minimum absolute atomic E-state index is 0. The molecule has 0 rings (SSSR count). The zero-order valence-electron chi connectivity index (χ0n) is 4.77. The van der Waals surface area contributed by atoms with Crippen molar-refractivity contribution >= 4 is 83.1 Å². The Morgan fingerprint density at radius 1 is 0.909 bits per heavy atom. The van der Waals surface area contributed by atoms with Crippen LogP contribution in [0.5, 0.6) is 0 Å². The average molecular weight is 301 g/mol. The van der Waals surface area contributed by atoms with E-state index in [4.69, 9.17) is 69.6 Å². The van der Waals surface area contributed by atoms with Crippen molar-refractivity contribution in [2.45, 2.75) is 3.79 Å². The molecule has 0 heterocycles. The fraction of sp³-hybridized carbons (Fsp3) is 0.333. The third-order valence-electron chi connectivity index (χ3n) is 0.415. The van der Waals surface area contributed by atoms with Crippen molar-refractivity contribution in [3.05, 3.63) is 9.52 Å². The van der Waals surface area contributed by atoms with Crippen LogP contribution in [0.1, 0.15) is 0 Å². The van der Waals surface area contributed by atoms with Crippen molar-refractivity contribution in [3.8, 4) is 0 Å². The molecule has 0 aromatic heterocycles. The van der Waals surface area contributed by atoms with Crippen molar-refractivity contribution in [1.29, 1.82) is 0 Å². The number of hydrogen-bond donors (Lipinski definition) is 0. The van der Waals surface area contributed by atoms with E-state index in [2.05, 4.69) is 0 Å². The summed E-state index contributed by atoms with van der Waals surface area (Å²) in [4.78, 5) is 0. The van der Waals surface area contributed by atoms with Crippen LogP contribution in [0.4, 0.5) is 0 Å². The van der Waals surface area contributed by atoms with E-state index in [9.17, 15) is 0 Å². The minimum atomic E-state index is -1.72. The van der Waals surface area contributed by atoms with E-state index < -0.39 is 3.79 Å². The van der Waals surface area contributed by atoms with Crippen molar-refractivity contribution in [3.63, 3.8) is 0 Å². The Bertz CT molecular complexity index is 135.